The van der Waals surface area contributed by atoms with Gasteiger partial charge in [0.1, 0.15) is 28.8 Å². The first kappa shape index (κ1) is 36.0. The van der Waals surface area contributed by atoms with Crippen LogP contribution in [0.2, 0.25) is 0 Å². The van der Waals surface area contributed by atoms with Crippen LogP contribution in [0.1, 0.15) is 81.1 Å². The maximum atomic E-state index is 14.9. The minimum atomic E-state index is -5.98. The molecule has 3 aromatic rings. The minimum absolute atomic E-state index is 0.0891. The van der Waals surface area contributed by atoms with Crippen LogP contribution in [0.25, 0.3) is 11.1 Å². The van der Waals surface area contributed by atoms with E-state index in [1.165, 1.54) is 44.6 Å². The highest BCUT2D eigenvalue weighted by Crippen LogP contribution is 2.43. The lowest BCUT2D eigenvalue weighted by atomic mass is 9.73. The first-order valence-electron chi connectivity index (χ1n) is 15.8. The van der Waals surface area contributed by atoms with Crippen LogP contribution >= 0.6 is 0 Å². The molecular weight excluding hydrogens is 658 g/mol. The van der Waals surface area contributed by atoms with Gasteiger partial charge in [-0.2, -0.15) is 17.6 Å². The molecule has 0 radical (unpaired) electrons. The molecule has 3 nitrogen and oxygen atoms in total. The van der Waals surface area contributed by atoms with Crippen molar-refractivity contribution in [2.45, 2.75) is 83.0 Å². The Labute approximate surface area is 271 Å². The van der Waals surface area contributed by atoms with Crippen molar-refractivity contribution in [3.8, 4) is 16.9 Å². The summed E-state index contributed by atoms with van der Waals surface area (Å²) in [5.74, 6) is -5.48. The molecule has 2 aliphatic rings. The molecule has 5 rings (SSSR count). The Morgan fingerprint density at radius 1 is 0.688 bits per heavy atom. The van der Waals surface area contributed by atoms with E-state index in [4.69, 9.17) is 4.74 Å². The summed E-state index contributed by atoms with van der Waals surface area (Å²) in [5.41, 5.74) is -2.14. The van der Waals surface area contributed by atoms with Gasteiger partial charge in [0.15, 0.2) is 0 Å². The summed E-state index contributed by atoms with van der Waals surface area (Å²) in [4.78, 5) is 0. The molecule has 2 fully saturated rings. The summed E-state index contributed by atoms with van der Waals surface area (Å²) >= 11 is 0. The molecule has 1 saturated heterocycles. The number of benzene rings is 3. The van der Waals surface area contributed by atoms with Gasteiger partial charge in [-0.15, -0.1) is 13.2 Å². The second kappa shape index (κ2) is 14.3. The van der Waals surface area contributed by atoms with Crippen LogP contribution in [0, 0.1) is 35.2 Å². The fraction of sp³-hybridized carbons (Fsp3) is 0.486. The molecule has 13 heteroatoms. The zero-order valence-electron chi connectivity index (χ0n) is 25.9. The Morgan fingerprint density at radius 2 is 1.29 bits per heavy atom. The van der Waals surface area contributed by atoms with Gasteiger partial charge >= 0.3 is 18.6 Å². The van der Waals surface area contributed by atoms with Gasteiger partial charge in [-0.1, -0.05) is 62.9 Å². The number of ether oxygens (including phenoxy) is 3. The van der Waals surface area contributed by atoms with E-state index >= 15 is 0 Å². The predicted molar refractivity (Wildman–Crippen MR) is 156 cm³/mol. The predicted octanol–water partition coefficient (Wildman–Crippen LogP) is 11.6. The van der Waals surface area contributed by atoms with Gasteiger partial charge in [0.2, 0.25) is 0 Å². The van der Waals surface area contributed by atoms with E-state index in [0.717, 1.165) is 30.4 Å². The number of hydrogen-bond acceptors (Lipinski definition) is 3. The van der Waals surface area contributed by atoms with Gasteiger partial charge < -0.3 is 9.47 Å². The van der Waals surface area contributed by atoms with Gasteiger partial charge in [0.05, 0.1) is 18.3 Å². The summed E-state index contributed by atoms with van der Waals surface area (Å²) in [6, 6.07) is 9.34. The number of halogens is 10. The van der Waals surface area contributed by atoms with Crippen LogP contribution in [0.5, 0.6) is 5.75 Å². The number of rotatable bonds is 10. The van der Waals surface area contributed by atoms with Gasteiger partial charge in [-0.05, 0) is 72.3 Å². The summed E-state index contributed by atoms with van der Waals surface area (Å²) in [5, 5.41) is 0. The molecule has 0 N–H and O–H groups in total. The molecule has 1 heterocycles. The van der Waals surface area contributed by atoms with E-state index < -0.39 is 52.9 Å². The molecule has 262 valence electrons. The SMILES string of the molecule is CCCC1CCC(C2CCC(c3ccc(-c4ccc(C(F)(F)Oc5cc(F)c(C(F)(F)OC(F)(F)F)c(F)c5)c(F)c4)cc3)OC2)CC1. The normalized spacial score (nSPS) is 22.5. The average molecular weight is 693 g/mol. The van der Waals surface area contributed by atoms with Crippen LogP contribution < -0.4 is 4.74 Å². The summed E-state index contributed by atoms with van der Waals surface area (Å²) in [6.45, 7) is 2.92. The lowest BCUT2D eigenvalue weighted by Gasteiger charge is -2.38. The highest BCUT2D eigenvalue weighted by Gasteiger charge is 2.50. The average Bonchev–Trinajstić information content (AvgIpc) is 3.00. The van der Waals surface area contributed by atoms with E-state index in [1.54, 1.807) is 12.1 Å². The maximum Gasteiger partial charge on any atom is 0.527 e. The van der Waals surface area contributed by atoms with Crippen molar-refractivity contribution in [2.24, 2.45) is 17.8 Å². The van der Waals surface area contributed by atoms with Crippen molar-refractivity contribution >= 4 is 0 Å². The Bertz CT molecular complexity index is 1520. The van der Waals surface area contributed by atoms with E-state index in [0.29, 0.717) is 30.1 Å². The summed E-state index contributed by atoms with van der Waals surface area (Å²) in [7, 11) is 0. The maximum absolute atomic E-state index is 14.9. The minimum Gasteiger partial charge on any atom is -0.429 e. The second-order valence-electron chi connectivity index (χ2n) is 12.5. The van der Waals surface area contributed by atoms with Crippen molar-refractivity contribution in [1.29, 1.82) is 0 Å². The van der Waals surface area contributed by atoms with Crippen molar-refractivity contribution in [2.75, 3.05) is 6.61 Å². The fourth-order valence-corrected chi connectivity index (χ4v) is 6.87. The number of hydrogen-bond donors (Lipinski definition) is 0. The molecule has 1 aliphatic carbocycles. The van der Waals surface area contributed by atoms with Crippen molar-refractivity contribution < 1.29 is 58.1 Å². The van der Waals surface area contributed by atoms with Crippen LogP contribution in [0.3, 0.4) is 0 Å². The molecule has 1 aliphatic heterocycles. The molecule has 48 heavy (non-hydrogen) atoms. The first-order valence-corrected chi connectivity index (χ1v) is 15.8. The zero-order valence-corrected chi connectivity index (χ0v) is 25.9. The monoisotopic (exact) mass is 692 g/mol. The van der Waals surface area contributed by atoms with Crippen LogP contribution in [0.4, 0.5) is 43.9 Å². The van der Waals surface area contributed by atoms with Gasteiger partial charge in [-0.25, -0.2) is 17.9 Å². The van der Waals surface area contributed by atoms with Crippen molar-refractivity contribution in [3.63, 3.8) is 0 Å². The molecule has 0 aromatic heterocycles. The lowest BCUT2D eigenvalue weighted by molar-refractivity contribution is -0.432. The Kier molecular flexibility index (Phi) is 10.7. The highest BCUT2D eigenvalue weighted by molar-refractivity contribution is 5.64. The molecule has 2 unspecified atom stereocenters. The molecule has 2 atom stereocenters. The number of alkyl halides is 7. The fourth-order valence-electron chi connectivity index (χ4n) is 6.87. The molecule has 0 amide bonds. The third-order valence-electron chi connectivity index (χ3n) is 9.26. The largest absolute Gasteiger partial charge is 0.527 e. The molecule has 1 saturated carbocycles. The molecule has 3 aromatic carbocycles. The second-order valence-corrected chi connectivity index (χ2v) is 12.5. The van der Waals surface area contributed by atoms with Crippen LogP contribution in [-0.2, 0) is 21.7 Å². The van der Waals surface area contributed by atoms with E-state index in [2.05, 4.69) is 16.4 Å². The topological polar surface area (TPSA) is 27.7 Å². The van der Waals surface area contributed by atoms with Crippen molar-refractivity contribution in [3.05, 3.63) is 88.7 Å². The Morgan fingerprint density at radius 3 is 1.83 bits per heavy atom. The van der Waals surface area contributed by atoms with E-state index in [-0.39, 0.29) is 23.8 Å². The molecule has 0 spiro atoms. The Hall–Kier alpha value is -3.32. The van der Waals surface area contributed by atoms with Crippen LogP contribution in [-0.4, -0.2) is 13.0 Å². The quantitative estimate of drug-likeness (QED) is 0.198. The van der Waals surface area contributed by atoms with E-state index in [9.17, 15) is 43.9 Å². The van der Waals surface area contributed by atoms with Crippen molar-refractivity contribution in [1.82, 2.24) is 0 Å². The van der Waals surface area contributed by atoms with Crippen LogP contribution in [0.15, 0.2) is 54.6 Å². The standard InChI is InChI=1S/C35H34F10O3/c1-2-3-20-4-6-22(7-5-20)25-13-15-31(46-19-25)23-10-8-21(9-11-23)24-12-14-27(28(36)16-24)33(39,40)47-26-17-29(37)32(30(38)18-26)34(41,42)48-35(43,44)45/h8-12,14,16-18,20,22,25,31H,2-7,13,15,19H2,1H3. The first-order chi connectivity index (χ1) is 22.6. The third kappa shape index (κ3) is 8.45. The zero-order chi connectivity index (χ0) is 34.9. The van der Waals surface area contributed by atoms with E-state index in [1.807, 2.05) is 12.1 Å². The van der Waals surface area contributed by atoms with Gasteiger partial charge in [0.25, 0.3) is 0 Å². The van der Waals surface area contributed by atoms with Gasteiger partial charge in [0, 0.05) is 12.1 Å². The summed E-state index contributed by atoms with van der Waals surface area (Å²) in [6.07, 6.45) is -6.60. The summed E-state index contributed by atoms with van der Waals surface area (Å²) < 4.78 is 150. The third-order valence-corrected chi connectivity index (χ3v) is 9.26. The molecule has 0 bridgehead atoms. The Balaban J connectivity index is 1.21. The lowest BCUT2D eigenvalue weighted by Crippen LogP contribution is -2.30. The highest BCUT2D eigenvalue weighted by atomic mass is 19.4. The molecular formula is C35H34F10O3. The smallest absolute Gasteiger partial charge is 0.429 e. The van der Waals surface area contributed by atoms with Gasteiger partial charge in [-0.3, -0.25) is 0 Å².